The Balaban J connectivity index is 2.76. The average Bonchev–Trinajstić information content (AvgIpc) is 2.35. The van der Waals surface area contributed by atoms with Gasteiger partial charge >= 0.3 is 0 Å². The zero-order valence-corrected chi connectivity index (χ0v) is 6.69. The molecule has 0 aromatic carbocycles. The van der Waals surface area contributed by atoms with Crippen molar-refractivity contribution in [1.29, 1.82) is 0 Å². The quantitative estimate of drug-likeness (QED) is 0.493. The lowest BCUT2D eigenvalue weighted by Crippen LogP contribution is -2.27. The molecule has 1 aliphatic rings. The maximum Gasteiger partial charge on any atom is 0.163 e. The van der Waals surface area contributed by atoms with Crippen LogP contribution in [-0.4, -0.2) is 13.5 Å². The minimum absolute atomic E-state index is 0.472. The van der Waals surface area contributed by atoms with Gasteiger partial charge in [-0.25, -0.2) is 4.21 Å². The monoisotopic (exact) mass is 160 g/mol. The van der Waals surface area contributed by atoms with E-state index in [0.717, 1.165) is 25.7 Å². The van der Waals surface area contributed by atoms with Crippen LogP contribution in [0.2, 0.25) is 0 Å². The van der Waals surface area contributed by atoms with Crippen molar-refractivity contribution in [1.82, 2.24) is 0 Å². The fraction of sp³-hybridized carbons (Fsp3) is 0.714. The number of hydrogen-bond donors (Lipinski definition) is 1. The standard InChI is InChI=1S/C7H12O2S/c1-2-7(10(8)9)5-3-4-6-7/h2H,1,3-6H2,(H,8,9). The molecular weight excluding hydrogens is 148 g/mol. The van der Waals surface area contributed by atoms with Crippen LogP contribution in [0.15, 0.2) is 12.7 Å². The Bertz CT molecular complexity index is 159. The summed E-state index contributed by atoms with van der Waals surface area (Å²) in [7, 11) is 0. The number of hydrogen-bond acceptors (Lipinski definition) is 1. The Morgan fingerprint density at radius 1 is 1.50 bits per heavy atom. The van der Waals surface area contributed by atoms with E-state index in [0.29, 0.717) is 0 Å². The molecule has 0 saturated heterocycles. The lowest BCUT2D eigenvalue weighted by Gasteiger charge is -2.18. The van der Waals surface area contributed by atoms with Crippen LogP contribution in [0, 0.1) is 0 Å². The third kappa shape index (κ3) is 1.16. The van der Waals surface area contributed by atoms with Crippen molar-refractivity contribution >= 4 is 11.1 Å². The first-order valence-electron chi connectivity index (χ1n) is 3.46. The van der Waals surface area contributed by atoms with Gasteiger partial charge in [0, 0.05) is 0 Å². The molecule has 1 unspecified atom stereocenters. The second kappa shape index (κ2) is 2.84. The SMILES string of the molecule is C=CC1(S(=O)O)CCCC1. The molecule has 0 aromatic rings. The number of rotatable bonds is 2. The summed E-state index contributed by atoms with van der Waals surface area (Å²) in [5, 5.41) is 0. The summed E-state index contributed by atoms with van der Waals surface area (Å²) in [6.07, 6.45) is 5.38. The lowest BCUT2D eigenvalue weighted by atomic mass is 10.1. The Kier molecular flexibility index (Phi) is 2.26. The van der Waals surface area contributed by atoms with Crippen LogP contribution < -0.4 is 0 Å². The smallest absolute Gasteiger partial charge is 0.163 e. The highest BCUT2D eigenvalue weighted by atomic mass is 32.2. The van der Waals surface area contributed by atoms with Gasteiger partial charge in [0.2, 0.25) is 0 Å². The average molecular weight is 160 g/mol. The molecule has 0 aliphatic heterocycles. The van der Waals surface area contributed by atoms with Gasteiger partial charge in [0.25, 0.3) is 0 Å². The maximum atomic E-state index is 10.8. The molecule has 0 aromatic heterocycles. The third-order valence-corrected chi connectivity index (χ3v) is 3.44. The van der Waals surface area contributed by atoms with Gasteiger partial charge in [0.15, 0.2) is 11.1 Å². The summed E-state index contributed by atoms with van der Waals surface area (Å²) in [5.74, 6) is 0. The van der Waals surface area contributed by atoms with E-state index >= 15 is 0 Å². The van der Waals surface area contributed by atoms with Crippen LogP contribution in [0.25, 0.3) is 0 Å². The van der Waals surface area contributed by atoms with E-state index in [4.69, 9.17) is 4.55 Å². The molecule has 1 rings (SSSR count). The van der Waals surface area contributed by atoms with Gasteiger partial charge in [0.1, 0.15) is 0 Å². The molecule has 0 heterocycles. The van der Waals surface area contributed by atoms with Crippen LogP contribution >= 0.6 is 0 Å². The summed E-state index contributed by atoms with van der Waals surface area (Å²) in [4.78, 5) is 0. The van der Waals surface area contributed by atoms with Crippen molar-refractivity contribution in [3.05, 3.63) is 12.7 Å². The predicted molar refractivity (Wildman–Crippen MR) is 42.2 cm³/mol. The van der Waals surface area contributed by atoms with Crippen molar-refractivity contribution in [3.63, 3.8) is 0 Å². The van der Waals surface area contributed by atoms with E-state index in [2.05, 4.69) is 6.58 Å². The Labute approximate surface area is 63.6 Å². The first kappa shape index (κ1) is 7.95. The van der Waals surface area contributed by atoms with Crippen molar-refractivity contribution < 1.29 is 8.76 Å². The molecule has 58 valence electrons. The zero-order chi connectivity index (χ0) is 7.61. The Hall–Kier alpha value is -0.150. The van der Waals surface area contributed by atoms with E-state index in [1.54, 1.807) is 6.08 Å². The van der Waals surface area contributed by atoms with Crippen molar-refractivity contribution in [2.24, 2.45) is 0 Å². The maximum absolute atomic E-state index is 10.8. The van der Waals surface area contributed by atoms with Crippen LogP contribution in [0.3, 0.4) is 0 Å². The molecular formula is C7H12O2S. The molecule has 1 fully saturated rings. The van der Waals surface area contributed by atoms with E-state index in [9.17, 15) is 4.21 Å². The molecule has 1 N–H and O–H groups in total. The first-order valence-corrected chi connectivity index (χ1v) is 4.56. The summed E-state index contributed by atoms with van der Waals surface area (Å²) in [6.45, 7) is 3.58. The summed E-state index contributed by atoms with van der Waals surface area (Å²) < 4.78 is 19.2. The fourth-order valence-corrected chi connectivity index (χ4v) is 2.20. The van der Waals surface area contributed by atoms with Crippen molar-refractivity contribution in [3.8, 4) is 0 Å². The van der Waals surface area contributed by atoms with Crippen molar-refractivity contribution in [2.45, 2.75) is 30.4 Å². The minimum Gasteiger partial charge on any atom is -0.305 e. The highest BCUT2D eigenvalue weighted by Crippen LogP contribution is 2.34. The van der Waals surface area contributed by atoms with Gasteiger partial charge in [-0.1, -0.05) is 18.9 Å². The van der Waals surface area contributed by atoms with Gasteiger partial charge < -0.3 is 4.55 Å². The van der Waals surface area contributed by atoms with Gasteiger partial charge in [0.05, 0.1) is 4.75 Å². The highest BCUT2D eigenvalue weighted by molar-refractivity contribution is 7.81. The molecule has 0 bridgehead atoms. The summed E-state index contributed by atoms with van der Waals surface area (Å²) in [6, 6.07) is 0. The molecule has 10 heavy (non-hydrogen) atoms. The molecule has 1 aliphatic carbocycles. The first-order chi connectivity index (χ1) is 4.71. The van der Waals surface area contributed by atoms with Crippen LogP contribution in [0.5, 0.6) is 0 Å². The Morgan fingerprint density at radius 3 is 2.20 bits per heavy atom. The molecule has 0 amide bonds. The molecule has 3 heteroatoms. The summed E-state index contributed by atoms with van der Waals surface area (Å²) >= 11 is -1.72. The van der Waals surface area contributed by atoms with Gasteiger partial charge in [-0.2, -0.15) is 0 Å². The Morgan fingerprint density at radius 2 is 2.00 bits per heavy atom. The topological polar surface area (TPSA) is 37.3 Å². The largest absolute Gasteiger partial charge is 0.305 e. The normalized spacial score (nSPS) is 26.1. The van der Waals surface area contributed by atoms with E-state index in [-0.39, 0.29) is 0 Å². The molecule has 1 atom stereocenters. The van der Waals surface area contributed by atoms with E-state index in [1.807, 2.05) is 0 Å². The third-order valence-electron chi connectivity index (χ3n) is 2.17. The molecule has 1 saturated carbocycles. The summed E-state index contributed by atoms with van der Waals surface area (Å²) in [5.41, 5.74) is 0. The van der Waals surface area contributed by atoms with Gasteiger partial charge in [-0.05, 0) is 12.8 Å². The molecule has 0 spiro atoms. The highest BCUT2D eigenvalue weighted by Gasteiger charge is 2.36. The van der Waals surface area contributed by atoms with Crippen molar-refractivity contribution in [2.75, 3.05) is 0 Å². The van der Waals surface area contributed by atoms with E-state index < -0.39 is 15.8 Å². The zero-order valence-electron chi connectivity index (χ0n) is 5.88. The fourth-order valence-electron chi connectivity index (χ4n) is 1.42. The second-order valence-electron chi connectivity index (χ2n) is 2.73. The van der Waals surface area contributed by atoms with Gasteiger partial charge in [-0.15, -0.1) is 6.58 Å². The van der Waals surface area contributed by atoms with Crippen LogP contribution in [0.4, 0.5) is 0 Å². The minimum atomic E-state index is -1.72. The molecule has 2 nitrogen and oxygen atoms in total. The second-order valence-corrected chi connectivity index (χ2v) is 4.04. The molecule has 0 radical (unpaired) electrons. The van der Waals surface area contributed by atoms with Crippen LogP contribution in [-0.2, 0) is 11.1 Å². The predicted octanol–water partition coefficient (Wildman–Crippen LogP) is 1.71. The lowest BCUT2D eigenvalue weighted by molar-refractivity contribution is 0.523. The van der Waals surface area contributed by atoms with E-state index in [1.165, 1.54) is 0 Å². The van der Waals surface area contributed by atoms with Crippen LogP contribution in [0.1, 0.15) is 25.7 Å². The van der Waals surface area contributed by atoms with Gasteiger partial charge in [-0.3, -0.25) is 0 Å².